The number of carboxylic acid groups (broad SMARTS) is 1. The predicted molar refractivity (Wildman–Crippen MR) is 82.7 cm³/mol. The van der Waals surface area contributed by atoms with Crippen LogP contribution in [0.2, 0.25) is 0 Å². The molecule has 0 saturated heterocycles. The van der Waals surface area contributed by atoms with Gasteiger partial charge in [-0.3, -0.25) is 9.78 Å². The molecule has 1 atom stereocenters. The topological polar surface area (TPSA) is 76.2 Å². The van der Waals surface area contributed by atoms with E-state index in [0.29, 0.717) is 5.75 Å². The number of nitrogens with zero attached hydrogens (tertiary/aromatic N) is 1. The number of aliphatic carboxylic acids is 1. The monoisotopic (exact) mass is 290 g/mol. The van der Waals surface area contributed by atoms with E-state index < -0.39 is 16.8 Å². The molecule has 0 saturated carbocycles. The van der Waals surface area contributed by atoms with Crippen LogP contribution in [0.25, 0.3) is 10.9 Å². The van der Waals surface area contributed by atoms with Gasteiger partial charge in [-0.1, -0.05) is 24.3 Å². The Labute approximate surface area is 122 Å². The van der Waals surface area contributed by atoms with Crippen molar-refractivity contribution in [2.75, 3.05) is 0 Å². The van der Waals surface area contributed by atoms with Gasteiger partial charge in [-0.25, -0.2) is 0 Å². The molecular formula is C15H18N2O2S. The first-order chi connectivity index (χ1) is 9.40. The van der Waals surface area contributed by atoms with Crippen molar-refractivity contribution < 1.29 is 9.90 Å². The number of hydrogen-bond donors (Lipinski definition) is 2. The van der Waals surface area contributed by atoms with Gasteiger partial charge in [0.1, 0.15) is 6.04 Å². The summed E-state index contributed by atoms with van der Waals surface area (Å²) in [5, 5.41) is 10.1. The van der Waals surface area contributed by atoms with Crippen LogP contribution in [0.15, 0.2) is 36.4 Å². The maximum atomic E-state index is 11.0. The van der Waals surface area contributed by atoms with Crippen LogP contribution < -0.4 is 5.73 Å². The summed E-state index contributed by atoms with van der Waals surface area (Å²) in [4.78, 5) is 15.6. The SMILES string of the molecule is CC(C)(SCc1ccc2ccccc2n1)[C@@H](N)C(=O)O. The van der Waals surface area contributed by atoms with Gasteiger partial charge in [-0.05, 0) is 26.0 Å². The first kappa shape index (κ1) is 14.8. The van der Waals surface area contributed by atoms with E-state index in [2.05, 4.69) is 4.98 Å². The van der Waals surface area contributed by atoms with Gasteiger partial charge in [0.25, 0.3) is 0 Å². The van der Waals surface area contributed by atoms with Gasteiger partial charge >= 0.3 is 5.97 Å². The van der Waals surface area contributed by atoms with Gasteiger partial charge < -0.3 is 10.8 Å². The van der Waals surface area contributed by atoms with Gasteiger partial charge in [0.05, 0.1) is 11.2 Å². The van der Waals surface area contributed by atoms with Crippen LogP contribution in [-0.2, 0) is 10.5 Å². The van der Waals surface area contributed by atoms with Crippen molar-refractivity contribution in [3.05, 3.63) is 42.1 Å². The molecule has 1 heterocycles. The van der Waals surface area contributed by atoms with E-state index in [1.54, 1.807) is 0 Å². The average Bonchev–Trinajstić information content (AvgIpc) is 2.44. The lowest BCUT2D eigenvalue weighted by Crippen LogP contribution is -2.46. The summed E-state index contributed by atoms with van der Waals surface area (Å²) >= 11 is 1.51. The molecule has 2 rings (SSSR count). The molecule has 4 nitrogen and oxygen atoms in total. The van der Waals surface area contributed by atoms with Gasteiger partial charge in [0, 0.05) is 15.9 Å². The zero-order valence-electron chi connectivity index (χ0n) is 11.5. The molecule has 0 bridgehead atoms. The third-order valence-electron chi connectivity index (χ3n) is 3.26. The summed E-state index contributed by atoms with van der Waals surface area (Å²) in [6.07, 6.45) is 0. The fraction of sp³-hybridized carbons (Fsp3) is 0.333. The second-order valence-corrected chi connectivity index (χ2v) is 6.83. The number of rotatable bonds is 5. The van der Waals surface area contributed by atoms with Crippen LogP contribution in [-0.4, -0.2) is 26.8 Å². The lowest BCUT2D eigenvalue weighted by atomic mass is 10.1. The maximum Gasteiger partial charge on any atom is 0.321 e. The van der Waals surface area contributed by atoms with Crippen molar-refractivity contribution in [1.29, 1.82) is 0 Å². The number of nitrogens with two attached hydrogens (primary N) is 1. The van der Waals surface area contributed by atoms with E-state index in [1.165, 1.54) is 11.8 Å². The number of thioether (sulfide) groups is 1. The number of carbonyl (C=O) groups is 1. The molecule has 0 unspecified atom stereocenters. The van der Waals surface area contributed by atoms with Crippen molar-refractivity contribution in [1.82, 2.24) is 4.98 Å². The van der Waals surface area contributed by atoms with Crippen molar-refractivity contribution in [3.63, 3.8) is 0 Å². The molecule has 0 spiro atoms. The molecule has 1 aromatic carbocycles. The number of fused-ring (bicyclic) bond motifs is 1. The predicted octanol–water partition coefficient (Wildman–Crippen LogP) is 2.66. The zero-order chi connectivity index (χ0) is 14.8. The number of para-hydroxylation sites is 1. The number of pyridine rings is 1. The van der Waals surface area contributed by atoms with Gasteiger partial charge in [-0.2, -0.15) is 0 Å². The van der Waals surface area contributed by atoms with E-state index in [-0.39, 0.29) is 0 Å². The Balaban J connectivity index is 2.11. The summed E-state index contributed by atoms with van der Waals surface area (Å²) in [5.74, 6) is -0.340. The van der Waals surface area contributed by atoms with Crippen molar-refractivity contribution >= 4 is 28.6 Å². The van der Waals surface area contributed by atoms with Gasteiger partial charge in [-0.15, -0.1) is 11.8 Å². The second kappa shape index (κ2) is 5.81. The smallest absolute Gasteiger partial charge is 0.321 e. The molecule has 1 aromatic heterocycles. The third-order valence-corrected chi connectivity index (χ3v) is 4.70. The number of carboxylic acids is 1. The van der Waals surface area contributed by atoms with E-state index in [1.807, 2.05) is 50.2 Å². The summed E-state index contributed by atoms with van der Waals surface area (Å²) in [5.41, 5.74) is 7.59. The molecule has 0 amide bonds. The second-order valence-electron chi connectivity index (χ2n) is 5.20. The Bertz CT molecular complexity index is 628. The van der Waals surface area contributed by atoms with E-state index in [4.69, 9.17) is 10.8 Å². The molecule has 0 radical (unpaired) electrons. The molecule has 106 valence electrons. The third kappa shape index (κ3) is 3.29. The van der Waals surface area contributed by atoms with Crippen LogP contribution in [0.5, 0.6) is 0 Å². The van der Waals surface area contributed by atoms with Crippen LogP contribution >= 0.6 is 11.8 Å². The minimum atomic E-state index is -0.978. The maximum absolute atomic E-state index is 11.0. The number of aromatic nitrogens is 1. The summed E-state index contributed by atoms with van der Waals surface area (Å²) in [7, 11) is 0. The Kier molecular flexibility index (Phi) is 4.30. The highest BCUT2D eigenvalue weighted by Gasteiger charge is 2.32. The molecule has 0 aliphatic heterocycles. The Hall–Kier alpha value is -1.59. The van der Waals surface area contributed by atoms with Crippen LogP contribution in [0.3, 0.4) is 0 Å². The highest BCUT2D eigenvalue weighted by Crippen LogP contribution is 2.30. The molecular weight excluding hydrogens is 272 g/mol. The lowest BCUT2D eigenvalue weighted by Gasteiger charge is -2.27. The minimum absolute atomic E-state index is 0.543. The summed E-state index contributed by atoms with van der Waals surface area (Å²) in [6, 6.07) is 11.0. The first-order valence-corrected chi connectivity index (χ1v) is 7.36. The van der Waals surface area contributed by atoms with E-state index in [9.17, 15) is 4.79 Å². The lowest BCUT2D eigenvalue weighted by molar-refractivity contribution is -0.139. The van der Waals surface area contributed by atoms with Crippen molar-refractivity contribution in [3.8, 4) is 0 Å². The zero-order valence-corrected chi connectivity index (χ0v) is 12.4. The Morgan fingerprint density at radius 3 is 2.75 bits per heavy atom. The Morgan fingerprint density at radius 2 is 2.05 bits per heavy atom. The van der Waals surface area contributed by atoms with Crippen LogP contribution in [0.1, 0.15) is 19.5 Å². The fourth-order valence-electron chi connectivity index (χ4n) is 1.84. The standard InChI is InChI=1S/C15H18N2O2S/c1-15(2,13(16)14(18)19)20-9-11-8-7-10-5-3-4-6-12(10)17-11/h3-8,13H,9,16H2,1-2H3,(H,18,19)/t13-/m0/s1. The van der Waals surface area contributed by atoms with Gasteiger partial charge in [0.2, 0.25) is 0 Å². The number of hydrogen-bond acceptors (Lipinski definition) is 4. The Morgan fingerprint density at radius 1 is 1.35 bits per heavy atom. The molecule has 5 heteroatoms. The molecule has 20 heavy (non-hydrogen) atoms. The highest BCUT2D eigenvalue weighted by atomic mass is 32.2. The van der Waals surface area contributed by atoms with Crippen LogP contribution in [0, 0.1) is 0 Å². The van der Waals surface area contributed by atoms with E-state index in [0.717, 1.165) is 16.6 Å². The van der Waals surface area contributed by atoms with Gasteiger partial charge in [0.15, 0.2) is 0 Å². The largest absolute Gasteiger partial charge is 0.480 e. The van der Waals surface area contributed by atoms with E-state index >= 15 is 0 Å². The van der Waals surface area contributed by atoms with Crippen LogP contribution in [0.4, 0.5) is 0 Å². The first-order valence-electron chi connectivity index (χ1n) is 6.37. The molecule has 0 fully saturated rings. The molecule has 3 N–H and O–H groups in total. The summed E-state index contributed by atoms with van der Waals surface area (Å²) < 4.78 is -0.543. The normalized spacial score (nSPS) is 13.3. The van der Waals surface area contributed by atoms with Crippen molar-refractivity contribution in [2.45, 2.75) is 30.4 Å². The number of benzene rings is 1. The molecule has 0 aliphatic rings. The summed E-state index contributed by atoms with van der Waals surface area (Å²) in [6.45, 7) is 3.69. The van der Waals surface area contributed by atoms with Crippen molar-refractivity contribution in [2.24, 2.45) is 5.73 Å². The molecule has 2 aromatic rings. The fourth-order valence-corrected chi connectivity index (χ4v) is 2.80. The molecule has 0 aliphatic carbocycles. The highest BCUT2D eigenvalue weighted by molar-refractivity contribution is 7.99. The quantitative estimate of drug-likeness (QED) is 0.885. The average molecular weight is 290 g/mol. The minimum Gasteiger partial charge on any atom is -0.480 e.